The number of imide groups is 1. The summed E-state index contributed by atoms with van der Waals surface area (Å²) < 4.78 is 17.4. The van der Waals surface area contributed by atoms with Crippen molar-refractivity contribution in [2.24, 2.45) is 0 Å². The maximum Gasteiger partial charge on any atom is 0.328 e. The van der Waals surface area contributed by atoms with Gasteiger partial charge in [0.25, 0.3) is 11.1 Å². The fourth-order valence-electron chi connectivity index (χ4n) is 1.80. The van der Waals surface area contributed by atoms with Gasteiger partial charge in [-0.3, -0.25) is 14.5 Å². The molecule has 2 rings (SSSR count). The third kappa shape index (κ3) is 3.13. The highest BCUT2D eigenvalue weighted by atomic mass is 32.2. The molecule has 0 spiro atoms. The minimum atomic E-state index is -0.985. The third-order valence-electron chi connectivity index (χ3n) is 2.92. The Morgan fingerprint density at radius 3 is 2.52 bits per heavy atom. The van der Waals surface area contributed by atoms with Crippen LogP contribution >= 0.6 is 11.8 Å². The van der Waals surface area contributed by atoms with Crippen molar-refractivity contribution in [3.63, 3.8) is 0 Å². The average molecular weight is 309 g/mol. The molecule has 0 unspecified atom stereocenters. The van der Waals surface area contributed by atoms with Crippen molar-refractivity contribution < 1.29 is 23.5 Å². The predicted octanol–water partition coefficient (Wildman–Crippen LogP) is 2.42. The summed E-state index contributed by atoms with van der Waals surface area (Å²) in [7, 11) is 1.19. The summed E-state index contributed by atoms with van der Waals surface area (Å²) in [5.74, 6) is -1.62. The van der Waals surface area contributed by atoms with E-state index in [1.165, 1.54) is 44.4 Å². The maximum atomic E-state index is 12.8. The van der Waals surface area contributed by atoms with E-state index in [1.54, 1.807) is 0 Å². The molecule has 7 heteroatoms. The molecule has 0 saturated carbocycles. The Bertz CT molecular complexity index is 626. The number of rotatable bonds is 3. The van der Waals surface area contributed by atoms with Crippen LogP contribution in [0.15, 0.2) is 29.2 Å². The Morgan fingerprint density at radius 2 is 1.95 bits per heavy atom. The zero-order chi connectivity index (χ0) is 15.6. The summed E-state index contributed by atoms with van der Waals surface area (Å²) in [6.07, 6.45) is 1.48. The summed E-state index contributed by atoms with van der Waals surface area (Å²) in [5.41, 5.74) is 0.590. The highest BCUT2D eigenvalue weighted by Crippen LogP contribution is 2.33. The van der Waals surface area contributed by atoms with E-state index < -0.39 is 23.2 Å². The first-order chi connectivity index (χ1) is 9.93. The molecule has 1 aromatic carbocycles. The van der Waals surface area contributed by atoms with Crippen LogP contribution in [0, 0.1) is 5.82 Å². The lowest BCUT2D eigenvalue weighted by molar-refractivity contribution is -0.148. The van der Waals surface area contributed by atoms with Crippen LogP contribution in [0.4, 0.5) is 9.18 Å². The van der Waals surface area contributed by atoms with Gasteiger partial charge in [0.15, 0.2) is 0 Å². The van der Waals surface area contributed by atoms with Gasteiger partial charge in [-0.15, -0.1) is 0 Å². The predicted molar refractivity (Wildman–Crippen MR) is 75.7 cm³/mol. The highest BCUT2D eigenvalue weighted by Gasteiger charge is 2.41. The molecule has 1 aliphatic rings. The summed E-state index contributed by atoms with van der Waals surface area (Å²) in [6, 6.07) is 4.52. The molecule has 1 fully saturated rings. The van der Waals surface area contributed by atoms with Crippen LogP contribution < -0.4 is 0 Å². The summed E-state index contributed by atoms with van der Waals surface area (Å²) in [4.78, 5) is 36.5. The lowest BCUT2D eigenvalue weighted by atomic mass is 10.2. The van der Waals surface area contributed by atoms with Gasteiger partial charge in [-0.1, -0.05) is 12.1 Å². The first kappa shape index (κ1) is 15.2. The van der Waals surface area contributed by atoms with E-state index in [0.29, 0.717) is 5.56 Å². The molecule has 0 aliphatic carbocycles. The number of carbonyl (C=O) groups is 3. The van der Waals surface area contributed by atoms with Crippen molar-refractivity contribution in [2.45, 2.75) is 13.0 Å². The molecule has 21 heavy (non-hydrogen) atoms. The molecular formula is C14H12FNO4S. The van der Waals surface area contributed by atoms with Gasteiger partial charge in [0.1, 0.15) is 11.9 Å². The third-order valence-corrected chi connectivity index (χ3v) is 3.80. The summed E-state index contributed by atoms with van der Waals surface area (Å²) in [6.45, 7) is 1.42. The first-order valence-electron chi connectivity index (χ1n) is 6.04. The molecule has 0 radical (unpaired) electrons. The van der Waals surface area contributed by atoms with Crippen LogP contribution in [0.25, 0.3) is 6.08 Å². The van der Waals surface area contributed by atoms with Gasteiger partial charge in [-0.2, -0.15) is 0 Å². The first-order valence-corrected chi connectivity index (χ1v) is 6.86. The van der Waals surface area contributed by atoms with E-state index in [4.69, 9.17) is 0 Å². The number of nitrogens with zero attached hydrogens (tertiary/aromatic N) is 1. The molecule has 1 heterocycles. The Hall–Kier alpha value is -2.15. The molecule has 2 amide bonds. The van der Waals surface area contributed by atoms with Crippen molar-refractivity contribution in [2.75, 3.05) is 7.11 Å². The van der Waals surface area contributed by atoms with E-state index in [2.05, 4.69) is 4.74 Å². The second kappa shape index (κ2) is 6.09. The van der Waals surface area contributed by atoms with E-state index in [9.17, 15) is 18.8 Å². The lowest BCUT2D eigenvalue weighted by Crippen LogP contribution is -2.42. The van der Waals surface area contributed by atoms with Crippen LogP contribution in [-0.2, 0) is 14.3 Å². The standard InChI is InChI=1S/C14H12FNO4S/c1-8(13(18)20-2)16-12(17)11(21-14(16)19)7-9-3-5-10(15)6-4-9/h3-8H,1-2H3/t8-/m0/s1. The minimum absolute atomic E-state index is 0.183. The van der Waals surface area contributed by atoms with Gasteiger partial charge < -0.3 is 4.74 Å². The molecule has 0 bridgehead atoms. The summed E-state index contributed by atoms with van der Waals surface area (Å²) in [5, 5.41) is -0.536. The zero-order valence-electron chi connectivity index (χ0n) is 11.3. The molecule has 110 valence electrons. The number of carbonyl (C=O) groups excluding carboxylic acids is 3. The Labute approximate surface area is 124 Å². The number of amides is 2. The Balaban J connectivity index is 2.25. The second-order valence-electron chi connectivity index (χ2n) is 4.30. The highest BCUT2D eigenvalue weighted by molar-refractivity contribution is 8.18. The van der Waals surface area contributed by atoms with Crippen molar-refractivity contribution in [3.05, 3.63) is 40.6 Å². The van der Waals surface area contributed by atoms with Gasteiger partial charge >= 0.3 is 5.97 Å². The average Bonchev–Trinajstić information content (AvgIpc) is 2.74. The largest absolute Gasteiger partial charge is 0.467 e. The zero-order valence-corrected chi connectivity index (χ0v) is 12.1. The van der Waals surface area contributed by atoms with E-state index >= 15 is 0 Å². The van der Waals surface area contributed by atoms with Crippen LogP contribution in [0.2, 0.25) is 0 Å². The quantitative estimate of drug-likeness (QED) is 0.634. The Morgan fingerprint density at radius 1 is 1.33 bits per heavy atom. The SMILES string of the molecule is COC(=O)[C@H](C)N1C(=O)SC(=Cc2ccc(F)cc2)C1=O. The fourth-order valence-corrected chi connectivity index (χ4v) is 2.71. The molecule has 5 nitrogen and oxygen atoms in total. The molecule has 1 aromatic rings. The van der Waals surface area contributed by atoms with Crippen molar-refractivity contribution in [1.29, 1.82) is 0 Å². The van der Waals surface area contributed by atoms with E-state index in [-0.39, 0.29) is 10.7 Å². The number of methoxy groups -OCH3 is 1. The van der Waals surface area contributed by atoms with Crippen molar-refractivity contribution in [3.8, 4) is 0 Å². The normalized spacial score (nSPS) is 18.2. The molecule has 0 aromatic heterocycles. The van der Waals surface area contributed by atoms with Gasteiger partial charge in [0.05, 0.1) is 12.0 Å². The van der Waals surface area contributed by atoms with Gasteiger partial charge in [-0.25, -0.2) is 9.18 Å². The monoisotopic (exact) mass is 309 g/mol. The molecule has 1 saturated heterocycles. The summed E-state index contributed by atoms with van der Waals surface area (Å²) >= 11 is 0.734. The Kier molecular flexibility index (Phi) is 4.42. The van der Waals surface area contributed by atoms with Crippen LogP contribution in [0.3, 0.4) is 0 Å². The number of hydrogen-bond acceptors (Lipinski definition) is 5. The lowest BCUT2D eigenvalue weighted by Gasteiger charge is -2.18. The minimum Gasteiger partial charge on any atom is -0.467 e. The molecule has 1 atom stereocenters. The number of ether oxygens (including phenoxy) is 1. The number of thioether (sulfide) groups is 1. The van der Waals surface area contributed by atoms with E-state index in [1.807, 2.05) is 0 Å². The van der Waals surface area contributed by atoms with Gasteiger partial charge in [0.2, 0.25) is 0 Å². The smallest absolute Gasteiger partial charge is 0.328 e. The number of benzene rings is 1. The number of esters is 1. The van der Waals surface area contributed by atoms with Gasteiger partial charge in [0, 0.05) is 0 Å². The van der Waals surface area contributed by atoms with Crippen molar-refractivity contribution in [1.82, 2.24) is 4.90 Å². The maximum absolute atomic E-state index is 12.8. The molecule has 0 N–H and O–H groups in total. The van der Waals surface area contributed by atoms with Crippen LogP contribution in [0.1, 0.15) is 12.5 Å². The topological polar surface area (TPSA) is 63.7 Å². The number of halogens is 1. The van der Waals surface area contributed by atoms with Crippen LogP contribution in [0.5, 0.6) is 0 Å². The fraction of sp³-hybridized carbons (Fsp3) is 0.214. The van der Waals surface area contributed by atoms with E-state index in [0.717, 1.165) is 16.7 Å². The second-order valence-corrected chi connectivity index (χ2v) is 5.30. The van der Waals surface area contributed by atoms with Crippen molar-refractivity contribution >= 4 is 35.0 Å². The van der Waals surface area contributed by atoms with Gasteiger partial charge in [-0.05, 0) is 42.5 Å². The van der Waals surface area contributed by atoms with Crippen LogP contribution in [-0.4, -0.2) is 35.2 Å². The molecular weight excluding hydrogens is 297 g/mol. The number of hydrogen-bond donors (Lipinski definition) is 0. The molecule has 1 aliphatic heterocycles.